The topological polar surface area (TPSA) is 69.3 Å². The average Bonchev–Trinajstić information content (AvgIpc) is 2.77. The molecule has 1 amide bonds. The van der Waals surface area contributed by atoms with Crippen LogP contribution in [0.5, 0.6) is 23.0 Å². The maximum absolute atomic E-state index is 12.5. The predicted octanol–water partition coefficient (Wildman–Crippen LogP) is 3.25. The van der Waals surface area contributed by atoms with Gasteiger partial charge < -0.3 is 24.3 Å². The van der Waals surface area contributed by atoms with E-state index in [4.69, 9.17) is 18.9 Å². The van der Waals surface area contributed by atoms with Crippen LogP contribution in [-0.2, 0) is 17.9 Å². The van der Waals surface area contributed by atoms with E-state index < -0.39 is 0 Å². The molecule has 7 nitrogen and oxygen atoms in total. The van der Waals surface area contributed by atoms with Crippen molar-refractivity contribution >= 4 is 5.91 Å². The number of hydrogen-bond acceptors (Lipinski definition) is 6. The van der Waals surface area contributed by atoms with Crippen molar-refractivity contribution in [2.75, 3.05) is 41.0 Å². The summed E-state index contributed by atoms with van der Waals surface area (Å²) in [6.07, 6.45) is 0. The lowest BCUT2D eigenvalue weighted by Gasteiger charge is -2.21. The van der Waals surface area contributed by atoms with E-state index in [9.17, 15) is 4.79 Å². The van der Waals surface area contributed by atoms with Crippen molar-refractivity contribution in [2.45, 2.75) is 26.9 Å². The van der Waals surface area contributed by atoms with Gasteiger partial charge in [0, 0.05) is 13.1 Å². The first kappa shape index (κ1) is 23.3. The van der Waals surface area contributed by atoms with Gasteiger partial charge in [-0.15, -0.1) is 0 Å². The highest BCUT2D eigenvalue weighted by Crippen LogP contribution is 2.29. The maximum atomic E-state index is 12.5. The van der Waals surface area contributed by atoms with Crippen molar-refractivity contribution in [3.05, 3.63) is 47.5 Å². The molecule has 0 radical (unpaired) electrons. The molecular formula is C23H32N2O5. The van der Waals surface area contributed by atoms with Gasteiger partial charge in [0.05, 0.1) is 34.5 Å². The number of carbonyl (C=O) groups excluding carboxylic acids is 1. The third-order valence-electron chi connectivity index (χ3n) is 4.69. The van der Waals surface area contributed by atoms with Gasteiger partial charge in [0.25, 0.3) is 0 Å². The van der Waals surface area contributed by atoms with E-state index in [1.165, 1.54) is 0 Å². The number of benzene rings is 2. The molecule has 0 saturated carbocycles. The van der Waals surface area contributed by atoms with Crippen LogP contribution in [-0.4, -0.2) is 51.8 Å². The quantitative estimate of drug-likeness (QED) is 0.573. The lowest BCUT2D eigenvalue weighted by atomic mass is 10.2. The number of methoxy groups -OCH3 is 3. The molecule has 0 fully saturated rings. The zero-order valence-electron chi connectivity index (χ0n) is 18.5. The average molecular weight is 417 g/mol. The largest absolute Gasteiger partial charge is 0.493 e. The summed E-state index contributed by atoms with van der Waals surface area (Å²) < 4.78 is 21.5. The molecule has 1 N–H and O–H groups in total. The molecule has 0 saturated heterocycles. The number of amides is 1. The van der Waals surface area contributed by atoms with Gasteiger partial charge in [0.1, 0.15) is 0 Å². The SMILES string of the molecule is CCOc1ccc(CN(CC)CC(=O)NCc2ccc(OC)c(OC)c2)cc1OC. The summed E-state index contributed by atoms with van der Waals surface area (Å²) in [4.78, 5) is 14.5. The second-order valence-corrected chi connectivity index (χ2v) is 6.69. The number of likely N-dealkylation sites (N-methyl/N-ethyl adjacent to an activating group) is 1. The van der Waals surface area contributed by atoms with Crippen LogP contribution in [0, 0.1) is 0 Å². The molecule has 0 aromatic heterocycles. The maximum Gasteiger partial charge on any atom is 0.234 e. The normalized spacial score (nSPS) is 10.6. The van der Waals surface area contributed by atoms with Crippen molar-refractivity contribution in [2.24, 2.45) is 0 Å². The van der Waals surface area contributed by atoms with E-state index in [0.717, 1.165) is 23.4 Å². The number of rotatable bonds is 12. The first-order chi connectivity index (χ1) is 14.5. The Morgan fingerprint density at radius 1 is 0.867 bits per heavy atom. The van der Waals surface area contributed by atoms with Crippen LogP contribution >= 0.6 is 0 Å². The fourth-order valence-corrected chi connectivity index (χ4v) is 3.07. The summed E-state index contributed by atoms with van der Waals surface area (Å²) in [7, 11) is 4.81. The smallest absolute Gasteiger partial charge is 0.234 e. The summed E-state index contributed by atoms with van der Waals surface area (Å²) in [5.41, 5.74) is 2.00. The highest BCUT2D eigenvalue weighted by molar-refractivity contribution is 5.78. The first-order valence-electron chi connectivity index (χ1n) is 10.0. The van der Waals surface area contributed by atoms with Crippen LogP contribution in [0.1, 0.15) is 25.0 Å². The van der Waals surface area contributed by atoms with Crippen LogP contribution in [0.3, 0.4) is 0 Å². The van der Waals surface area contributed by atoms with Gasteiger partial charge in [-0.05, 0) is 48.9 Å². The number of carbonyl (C=O) groups is 1. The molecule has 2 aromatic carbocycles. The third kappa shape index (κ3) is 6.56. The molecule has 0 aliphatic heterocycles. The molecule has 0 aliphatic rings. The Kier molecular flexibility index (Phi) is 9.28. The fraction of sp³-hybridized carbons (Fsp3) is 0.435. The van der Waals surface area contributed by atoms with Crippen LogP contribution in [0.2, 0.25) is 0 Å². The molecule has 2 rings (SSSR count). The molecule has 0 unspecified atom stereocenters. The zero-order valence-corrected chi connectivity index (χ0v) is 18.5. The molecule has 0 spiro atoms. The van der Waals surface area contributed by atoms with E-state index in [1.54, 1.807) is 21.3 Å². The van der Waals surface area contributed by atoms with Crippen molar-refractivity contribution in [1.82, 2.24) is 10.2 Å². The van der Waals surface area contributed by atoms with Crippen molar-refractivity contribution in [3.8, 4) is 23.0 Å². The van der Waals surface area contributed by atoms with E-state index in [1.807, 2.05) is 50.2 Å². The molecular weight excluding hydrogens is 384 g/mol. The van der Waals surface area contributed by atoms with Crippen LogP contribution in [0.4, 0.5) is 0 Å². The molecule has 164 valence electrons. The van der Waals surface area contributed by atoms with E-state index in [-0.39, 0.29) is 5.91 Å². The number of nitrogens with one attached hydrogen (secondary N) is 1. The van der Waals surface area contributed by atoms with Crippen LogP contribution in [0.25, 0.3) is 0 Å². The zero-order chi connectivity index (χ0) is 21.9. The van der Waals surface area contributed by atoms with Crippen LogP contribution in [0.15, 0.2) is 36.4 Å². The van der Waals surface area contributed by atoms with Gasteiger partial charge in [-0.3, -0.25) is 9.69 Å². The minimum atomic E-state index is -0.0375. The van der Waals surface area contributed by atoms with Crippen molar-refractivity contribution in [1.29, 1.82) is 0 Å². The van der Waals surface area contributed by atoms with Gasteiger partial charge in [0.15, 0.2) is 23.0 Å². The standard InChI is InChI=1S/C23H32N2O5/c1-6-25(15-18-9-11-20(30-7-2)22(13-18)29-5)16-23(26)24-14-17-8-10-19(27-3)21(12-17)28-4/h8-13H,6-7,14-16H2,1-5H3,(H,24,26). The highest BCUT2D eigenvalue weighted by Gasteiger charge is 2.12. The van der Waals surface area contributed by atoms with Gasteiger partial charge in [-0.1, -0.05) is 19.1 Å². The Hall–Kier alpha value is -2.93. The number of nitrogens with zero attached hydrogens (tertiary/aromatic N) is 1. The van der Waals surface area contributed by atoms with E-state index >= 15 is 0 Å². The summed E-state index contributed by atoms with van der Waals surface area (Å²) in [6, 6.07) is 11.5. The summed E-state index contributed by atoms with van der Waals surface area (Å²) in [5.74, 6) is 2.69. The molecule has 0 atom stereocenters. The summed E-state index contributed by atoms with van der Waals surface area (Å²) in [5, 5.41) is 2.97. The van der Waals surface area contributed by atoms with Gasteiger partial charge in [0.2, 0.25) is 5.91 Å². The van der Waals surface area contributed by atoms with Crippen molar-refractivity contribution in [3.63, 3.8) is 0 Å². The van der Waals surface area contributed by atoms with Gasteiger partial charge in [-0.2, -0.15) is 0 Å². The molecule has 0 bridgehead atoms. The lowest BCUT2D eigenvalue weighted by Crippen LogP contribution is -2.36. The molecule has 7 heteroatoms. The van der Waals surface area contributed by atoms with E-state index in [0.29, 0.717) is 43.5 Å². The summed E-state index contributed by atoms with van der Waals surface area (Å²) >= 11 is 0. The molecule has 2 aromatic rings. The Bertz CT molecular complexity index is 825. The second-order valence-electron chi connectivity index (χ2n) is 6.69. The third-order valence-corrected chi connectivity index (χ3v) is 4.69. The minimum Gasteiger partial charge on any atom is -0.493 e. The number of hydrogen-bond donors (Lipinski definition) is 1. The van der Waals surface area contributed by atoms with Crippen molar-refractivity contribution < 1.29 is 23.7 Å². The second kappa shape index (κ2) is 11.9. The Morgan fingerprint density at radius 3 is 2.10 bits per heavy atom. The summed E-state index contributed by atoms with van der Waals surface area (Å²) in [6.45, 7) is 6.67. The molecule has 0 heterocycles. The first-order valence-corrected chi connectivity index (χ1v) is 10.0. The monoisotopic (exact) mass is 416 g/mol. The van der Waals surface area contributed by atoms with Gasteiger partial charge >= 0.3 is 0 Å². The predicted molar refractivity (Wildman–Crippen MR) is 117 cm³/mol. The fourth-order valence-electron chi connectivity index (χ4n) is 3.07. The Balaban J connectivity index is 1.93. The molecule has 0 aliphatic carbocycles. The Morgan fingerprint density at radius 2 is 1.47 bits per heavy atom. The van der Waals surface area contributed by atoms with E-state index in [2.05, 4.69) is 10.2 Å². The Labute approximate surface area is 178 Å². The minimum absolute atomic E-state index is 0.0375. The van der Waals surface area contributed by atoms with Gasteiger partial charge in [-0.25, -0.2) is 0 Å². The number of ether oxygens (including phenoxy) is 4. The highest BCUT2D eigenvalue weighted by atomic mass is 16.5. The lowest BCUT2D eigenvalue weighted by molar-refractivity contribution is -0.122. The molecule has 30 heavy (non-hydrogen) atoms. The van der Waals surface area contributed by atoms with Crippen LogP contribution < -0.4 is 24.3 Å².